The first kappa shape index (κ1) is 31.3. The zero-order chi connectivity index (χ0) is 29.5. The highest BCUT2D eigenvalue weighted by molar-refractivity contribution is 7.92. The summed E-state index contributed by atoms with van der Waals surface area (Å²) in [5.41, 5.74) is -0.472. The molecular weight excluding hydrogens is 528 g/mol. The number of nitro benzene ring substituents is 1. The van der Waals surface area contributed by atoms with Crippen molar-refractivity contribution in [1.82, 2.24) is 10.2 Å². The number of benzene rings is 2. The van der Waals surface area contributed by atoms with Crippen LogP contribution in [0.4, 0.5) is 11.4 Å². The molecule has 0 unspecified atom stereocenters. The highest BCUT2D eigenvalue weighted by atomic mass is 32.2. The predicted octanol–water partition coefficient (Wildman–Crippen LogP) is 3.10. The molecule has 12 nitrogen and oxygen atoms in total. The first-order chi connectivity index (χ1) is 18.1. The summed E-state index contributed by atoms with van der Waals surface area (Å²) in [6.45, 7) is 6.44. The molecule has 0 spiro atoms. The highest BCUT2D eigenvalue weighted by Gasteiger charge is 2.34. The van der Waals surface area contributed by atoms with Gasteiger partial charge >= 0.3 is 0 Å². The molecule has 39 heavy (non-hydrogen) atoms. The molecular formula is C26H36N4O8S. The van der Waals surface area contributed by atoms with Gasteiger partial charge in [-0.2, -0.15) is 0 Å². The van der Waals surface area contributed by atoms with E-state index < -0.39 is 44.9 Å². The molecule has 0 fully saturated rings. The van der Waals surface area contributed by atoms with Gasteiger partial charge in [0.2, 0.25) is 21.8 Å². The van der Waals surface area contributed by atoms with Gasteiger partial charge in [0.05, 0.1) is 25.4 Å². The molecule has 0 aliphatic carbocycles. The van der Waals surface area contributed by atoms with Gasteiger partial charge in [0.15, 0.2) is 0 Å². The number of methoxy groups -OCH3 is 2. The van der Waals surface area contributed by atoms with Crippen LogP contribution < -0.4 is 19.1 Å². The van der Waals surface area contributed by atoms with Crippen molar-refractivity contribution < 1.29 is 32.4 Å². The van der Waals surface area contributed by atoms with Gasteiger partial charge in [-0.05, 0) is 51.0 Å². The van der Waals surface area contributed by atoms with Gasteiger partial charge in [-0.3, -0.25) is 24.0 Å². The van der Waals surface area contributed by atoms with E-state index in [1.165, 1.54) is 31.3 Å². The number of rotatable bonds is 12. The summed E-state index contributed by atoms with van der Waals surface area (Å²) < 4.78 is 37.0. The Balaban J connectivity index is 2.60. The zero-order valence-electron chi connectivity index (χ0n) is 23.3. The van der Waals surface area contributed by atoms with Crippen LogP contribution in [0, 0.1) is 10.1 Å². The van der Waals surface area contributed by atoms with Gasteiger partial charge in [0.1, 0.15) is 29.8 Å². The van der Waals surface area contributed by atoms with Crippen LogP contribution in [0.3, 0.4) is 0 Å². The van der Waals surface area contributed by atoms with Crippen LogP contribution in [0.2, 0.25) is 0 Å². The number of ether oxygens (including phenoxy) is 2. The molecule has 214 valence electrons. The summed E-state index contributed by atoms with van der Waals surface area (Å²) in [7, 11) is -1.34. The number of nitrogens with zero attached hydrogens (tertiary/aromatic N) is 3. The molecule has 1 N–H and O–H groups in total. The van der Waals surface area contributed by atoms with E-state index in [2.05, 4.69) is 5.32 Å². The van der Waals surface area contributed by atoms with Crippen molar-refractivity contribution in [2.45, 2.75) is 52.2 Å². The van der Waals surface area contributed by atoms with Crippen molar-refractivity contribution in [2.75, 3.05) is 31.3 Å². The Labute approximate surface area is 229 Å². The van der Waals surface area contributed by atoms with Crippen molar-refractivity contribution in [3.63, 3.8) is 0 Å². The first-order valence-electron chi connectivity index (χ1n) is 12.2. The molecule has 0 aromatic heterocycles. The van der Waals surface area contributed by atoms with Crippen LogP contribution in [0.15, 0.2) is 42.5 Å². The Bertz CT molecular complexity index is 1310. The summed E-state index contributed by atoms with van der Waals surface area (Å²) in [6.07, 6.45) is 1.13. The maximum atomic E-state index is 13.9. The lowest BCUT2D eigenvalue weighted by molar-refractivity contribution is -0.384. The second kappa shape index (κ2) is 12.8. The fourth-order valence-corrected chi connectivity index (χ4v) is 4.77. The van der Waals surface area contributed by atoms with E-state index in [-0.39, 0.29) is 30.1 Å². The minimum absolute atomic E-state index is 0.0181. The van der Waals surface area contributed by atoms with Gasteiger partial charge in [0.25, 0.3) is 5.69 Å². The lowest BCUT2D eigenvalue weighted by Gasteiger charge is -2.34. The number of hydrogen-bond donors (Lipinski definition) is 1. The second-order valence-electron chi connectivity index (χ2n) is 9.92. The Morgan fingerprint density at radius 2 is 1.77 bits per heavy atom. The van der Waals surface area contributed by atoms with E-state index in [1.54, 1.807) is 31.2 Å². The third-order valence-electron chi connectivity index (χ3n) is 5.69. The third kappa shape index (κ3) is 8.57. The molecule has 1 atom stereocenters. The Kier molecular flexibility index (Phi) is 10.3. The number of anilines is 1. The molecule has 0 bridgehead atoms. The standard InChI is InChI=1S/C26H36N4O8S/c1-8-21(25(32)27-26(2,3)4)28(16-18-10-9-11-20(14-18)37-5)24(31)17-29(39(7,35)36)22-15-19(30(33)34)12-13-23(22)38-6/h9-15,21H,8,16-17H2,1-7H3,(H,27,32)/t21-/m1/s1. The van der Waals surface area contributed by atoms with Crippen molar-refractivity contribution in [2.24, 2.45) is 0 Å². The largest absolute Gasteiger partial charge is 0.497 e. The van der Waals surface area contributed by atoms with Crippen molar-refractivity contribution in [1.29, 1.82) is 0 Å². The maximum Gasteiger partial charge on any atom is 0.271 e. The number of non-ortho nitro benzene ring substituents is 1. The maximum absolute atomic E-state index is 13.9. The quantitative estimate of drug-likeness (QED) is 0.305. The lowest BCUT2D eigenvalue weighted by atomic mass is 10.1. The molecule has 0 heterocycles. The van der Waals surface area contributed by atoms with Gasteiger partial charge in [-0.15, -0.1) is 0 Å². The minimum atomic E-state index is -4.12. The van der Waals surface area contributed by atoms with Gasteiger partial charge in [-0.25, -0.2) is 8.42 Å². The molecule has 0 aliphatic rings. The van der Waals surface area contributed by atoms with E-state index >= 15 is 0 Å². The van der Waals surface area contributed by atoms with Gasteiger partial charge in [0, 0.05) is 24.2 Å². The molecule has 2 aromatic rings. The first-order valence-corrected chi connectivity index (χ1v) is 14.0. The Morgan fingerprint density at radius 1 is 1.10 bits per heavy atom. The van der Waals surface area contributed by atoms with Crippen LogP contribution >= 0.6 is 0 Å². The molecule has 13 heteroatoms. The number of sulfonamides is 1. The third-order valence-corrected chi connectivity index (χ3v) is 6.82. The zero-order valence-corrected chi connectivity index (χ0v) is 24.1. The summed E-state index contributed by atoms with van der Waals surface area (Å²) in [4.78, 5) is 39.1. The highest BCUT2D eigenvalue weighted by Crippen LogP contribution is 2.34. The van der Waals surface area contributed by atoms with Gasteiger partial charge in [-0.1, -0.05) is 19.1 Å². The number of amides is 2. The van der Waals surface area contributed by atoms with Crippen LogP contribution in [-0.4, -0.2) is 68.7 Å². The Morgan fingerprint density at radius 3 is 2.28 bits per heavy atom. The lowest BCUT2D eigenvalue weighted by Crippen LogP contribution is -2.55. The van der Waals surface area contributed by atoms with E-state index in [0.29, 0.717) is 11.3 Å². The number of nitro groups is 1. The average molecular weight is 565 g/mol. The molecule has 0 radical (unpaired) electrons. The Hall–Kier alpha value is -3.87. The SMILES string of the molecule is CC[C@H](C(=O)NC(C)(C)C)N(Cc1cccc(OC)c1)C(=O)CN(c1cc([N+](=O)[O-])ccc1OC)S(C)(=O)=O. The van der Waals surface area contributed by atoms with Crippen molar-refractivity contribution >= 4 is 33.2 Å². The van der Waals surface area contributed by atoms with Crippen LogP contribution in [0.1, 0.15) is 39.7 Å². The molecule has 0 aliphatic heterocycles. The van der Waals surface area contributed by atoms with Gasteiger partial charge < -0.3 is 19.7 Å². The molecule has 0 saturated carbocycles. The van der Waals surface area contributed by atoms with E-state index in [9.17, 15) is 28.1 Å². The minimum Gasteiger partial charge on any atom is -0.497 e. The number of nitrogens with one attached hydrogen (secondary N) is 1. The van der Waals surface area contributed by atoms with Crippen LogP contribution in [0.5, 0.6) is 11.5 Å². The number of carbonyl (C=O) groups is 2. The summed E-state index contributed by atoms with van der Waals surface area (Å²) in [5, 5.41) is 14.3. The second-order valence-corrected chi connectivity index (χ2v) is 11.8. The van der Waals surface area contributed by atoms with E-state index in [4.69, 9.17) is 9.47 Å². The van der Waals surface area contributed by atoms with Crippen molar-refractivity contribution in [3.05, 3.63) is 58.1 Å². The molecule has 0 saturated heterocycles. The number of hydrogen-bond acceptors (Lipinski definition) is 8. The molecule has 2 amide bonds. The van der Waals surface area contributed by atoms with Crippen LogP contribution in [-0.2, 0) is 26.2 Å². The summed E-state index contributed by atoms with van der Waals surface area (Å²) in [5.74, 6) is -0.519. The fraction of sp³-hybridized carbons (Fsp3) is 0.462. The summed E-state index contributed by atoms with van der Waals surface area (Å²) >= 11 is 0. The monoisotopic (exact) mass is 564 g/mol. The van der Waals surface area contributed by atoms with Crippen LogP contribution in [0.25, 0.3) is 0 Å². The topological polar surface area (TPSA) is 148 Å². The predicted molar refractivity (Wildman–Crippen MR) is 147 cm³/mol. The molecule has 2 rings (SSSR count). The molecule has 2 aromatic carbocycles. The van der Waals surface area contributed by atoms with E-state index in [0.717, 1.165) is 16.6 Å². The summed E-state index contributed by atoms with van der Waals surface area (Å²) in [6, 6.07) is 9.48. The fourth-order valence-electron chi connectivity index (χ4n) is 3.92. The number of carbonyl (C=O) groups excluding carboxylic acids is 2. The smallest absolute Gasteiger partial charge is 0.271 e. The normalized spacial score (nSPS) is 12.3. The van der Waals surface area contributed by atoms with E-state index in [1.807, 2.05) is 20.8 Å². The average Bonchev–Trinajstić information content (AvgIpc) is 2.84. The van der Waals surface area contributed by atoms with Crippen molar-refractivity contribution in [3.8, 4) is 11.5 Å².